The topological polar surface area (TPSA) is 119 Å². The predicted octanol–water partition coefficient (Wildman–Crippen LogP) is 4.44. The van der Waals surface area contributed by atoms with Crippen molar-refractivity contribution >= 4 is 68.7 Å². The molecule has 3 fully saturated rings. The summed E-state index contributed by atoms with van der Waals surface area (Å²) in [6.45, 7) is 2.83. The van der Waals surface area contributed by atoms with Crippen LogP contribution in [0.25, 0.3) is 33.3 Å². The van der Waals surface area contributed by atoms with Crippen LogP contribution in [0, 0.1) is 23.7 Å². The van der Waals surface area contributed by atoms with Gasteiger partial charge in [0.2, 0.25) is 29.5 Å². The van der Waals surface area contributed by atoms with E-state index in [0.29, 0.717) is 16.3 Å². The van der Waals surface area contributed by atoms with Crippen molar-refractivity contribution in [2.75, 3.05) is 9.80 Å². The summed E-state index contributed by atoms with van der Waals surface area (Å²) in [7, 11) is 0. The van der Waals surface area contributed by atoms with Gasteiger partial charge >= 0.3 is 6.01 Å². The lowest BCUT2D eigenvalue weighted by atomic mass is 9.59. The molecule has 8 rings (SSSR count). The highest BCUT2D eigenvalue weighted by atomic mass is 35.5. The normalized spacial score (nSPS) is 23.6. The van der Waals surface area contributed by atoms with Crippen LogP contribution in [0.1, 0.15) is 6.92 Å². The van der Waals surface area contributed by atoms with Crippen LogP contribution in [0.4, 0.5) is 11.7 Å². The maximum atomic E-state index is 13.6. The van der Waals surface area contributed by atoms with E-state index in [1.807, 2.05) is 36.4 Å². The Morgan fingerprint density at radius 3 is 2.00 bits per heavy atom. The molecule has 0 spiro atoms. The molecule has 0 radical (unpaired) electrons. The van der Waals surface area contributed by atoms with Crippen LogP contribution < -0.4 is 9.80 Å². The number of aromatic nitrogens is 3. The van der Waals surface area contributed by atoms with Crippen LogP contribution in [0.15, 0.2) is 71.1 Å². The molecule has 10 nitrogen and oxygen atoms in total. The zero-order valence-electron chi connectivity index (χ0n) is 21.5. The largest absolute Gasteiger partial charge is 0.403 e. The second-order valence-corrected chi connectivity index (χ2v) is 10.9. The molecule has 4 heterocycles. The number of benzene rings is 3. The van der Waals surface area contributed by atoms with E-state index in [4.69, 9.17) is 16.0 Å². The summed E-state index contributed by atoms with van der Waals surface area (Å²) < 4.78 is 7.83. The predicted molar refractivity (Wildman–Crippen MR) is 149 cm³/mol. The van der Waals surface area contributed by atoms with E-state index >= 15 is 0 Å². The Hall–Kier alpha value is -4.83. The zero-order chi connectivity index (χ0) is 28.2. The highest BCUT2D eigenvalue weighted by Gasteiger charge is 2.74. The third-order valence-corrected chi connectivity index (χ3v) is 8.85. The Morgan fingerprint density at radius 1 is 0.732 bits per heavy atom. The minimum atomic E-state index is -0.953. The first-order valence-electron chi connectivity index (χ1n) is 13.2. The van der Waals surface area contributed by atoms with E-state index in [2.05, 4.69) is 21.7 Å². The molecule has 2 aliphatic heterocycles. The lowest BCUT2D eigenvalue weighted by Gasteiger charge is -2.36. The number of hydrogen-bond acceptors (Lipinski definition) is 7. The van der Waals surface area contributed by atoms with Crippen LogP contribution in [0.5, 0.6) is 0 Å². The van der Waals surface area contributed by atoms with E-state index in [-0.39, 0.29) is 11.9 Å². The second kappa shape index (κ2) is 8.34. The molecule has 3 aliphatic rings. The summed E-state index contributed by atoms with van der Waals surface area (Å²) in [5.74, 6) is -5.81. The van der Waals surface area contributed by atoms with Crippen molar-refractivity contribution in [3.05, 3.63) is 71.8 Å². The van der Waals surface area contributed by atoms with Crippen LogP contribution >= 0.6 is 11.6 Å². The number of hydrogen-bond donors (Lipinski definition) is 0. The molecule has 4 amide bonds. The van der Waals surface area contributed by atoms with Gasteiger partial charge in [-0.1, -0.05) is 34.9 Å². The fourth-order valence-corrected chi connectivity index (χ4v) is 6.90. The third kappa shape index (κ3) is 3.08. The average Bonchev–Trinajstić information content (AvgIpc) is 3.65. The van der Waals surface area contributed by atoms with Gasteiger partial charge in [-0.15, -0.1) is 5.10 Å². The summed E-state index contributed by atoms with van der Waals surface area (Å²) in [4.78, 5) is 56.1. The molecule has 2 aromatic heterocycles. The number of amides is 4. The van der Waals surface area contributed by atoms with Gasteiger partial charge in [0.15, 0.2) is 0 Å². The maximum Gasteiger partial charge on any atom is 0.332 e. The molecule has 202 valence electrons. The fraction of sp³-hybridized carbons (Fsp3) is 0.200. The second-order valence-electron chi connectivity index (χ2n) is 10.5. The minimum absolute atomic E-state index is 0.106. The maximum absolute atomic E-state index is 13.6. The molecule has 5 aromatic rings. The lowest BCUT2D eigenvalue weighted by molar-refractivity contribution is -0.146. The smallest absolute Gasteiger partial charge is 0.332 e. The van der Waals surface area contributed by atoms with Crippen molar-refractivity contribution in [3.63, 3.8) is 0 Å². The number of rotatable bonds is 4. The summed E-state index contributed by atoms with van der Waals surface area (Å²) in [5.41, 5.74) is 3.05. The standard InChI is InChI=1S/C30H20ClN5O5/c1-2-34-19-6-4-3-5-17(19)18-13-16(11-12-20(18)34)35-26(37)21-22(27(35)38)24-23(21)28(39)36(29(24)40)30-33-32-25(41-30)14-7-9-15(31)10-8-14/h3-13,21-24H,2H2,1H3. The molecule has 0 bridgehead atoms. The first-order valence-corrected chi connectivity index (χ1v) is 13.6. The molecule has 41 heavy (non-hydrogen) atoms. The number of anilines is 2. The van der Waals surface area contributed by atoms with Crippen molar-refractivity contribution in [1.82, 2.24) is 14.8 Å². The van der Waals surface area contributed by atoms with E-state index in [9.17, 15) is 19.2 Å². The fourth-order valence-electron chi connectivity index (χ4n) is 6.77. The molecular weight excluding hydrogens is 546 g/mol. The number of para-hydroxylation sites is 1. The first-order chi connectivity index (χ1) is 19.9. The Kier molecular flexibility index (Phi) is 4.88. The summed E-state index contributed by atoms with van der Waals surface area (Å²) in [6.07, 6.45) is 0. The van der Waals surface area contributed by atoms with Gasteiger partial charge in [0, 0.05) is 38.9 Å². The Morgan fingerprint density at radius 2 is 1.34 bits per heavy atom. The highest BCUT2D eigenvalue weighted by molar-refractivity contribution is 6.32. The number of halogens is 1. The highest BCUT2D eigenvalue weighted by Crippen LogP contribution is 2.57. The number of nitrogens with zero attached hydrogens (tertiary/aromatic N) is 5. The Labute approximate surface area is 237 Å². The number of carbonyl (C=O) groups is 4. The van der Waals surface area contributed by atoms with Crippen LogP contribution in [0.2, 0.25) is 5.02 Å². The summed E-state index contributed by atoms with van der Waals surface area (Å²) in [5, 5.41) is 10.3. The Balaban J connectivity index is 1.11. The van der Waals surface area contributed by atoms with Gasteiger partial charge < -0.3 is 8.98 Å². The van der Waals surface area contributed by atoms with Crippen molar-refractivity contribution in [1.29, 1.82) is 0 Å². The average molecular weight is 566 g/mol. The lowest BCUT2D eigenvalue weighted by Crippen LogP contribution is -2.50. The quantitative estimate of drug-likeness (QED) is 0.295. The van der Waals surface area contributed by atoms with Crippen molar-refractivity contribution in [2.24, 2.45) is 23.7 Å². The Bertz CT molecular complexity index is 1940. The number of fused-ring (bicyclic) bond motifs is 7. The van der Waals surface area contributed by atoms with Gasteiger partial charge in [-0.2, -0.15) is 4.90 Å². The number of carbonyl (C=O) groups excluding carboxylic acids is 4. The number of aryl methyl sites for hydroxylation is 1. The monoisotopic (exact) mass is 565 g/mol. The van der Waals surface area contributed by atoms with Crippen LogP contribution in [-0.2, 0) is 25.7 Å². The van der Waals surface area contributed by atoms with Crippen molar-refractivity contribution in [3.8, 4) is 11.5 Å². The third-order valence-electron chi connectivity index (χ3n) is 8.60. The van der Waals surface area contributed by atoms with Gasteiger partial charge in [-0.05, 0) is 55.5 Å². The summed E-state index contributed by atoms with van der Waals surface area (Å²) in [6, 6.07) is 19.8. The molecule has 4 unspecified atom stereocenters. The van der Waals surface area contributed by atoms with Gasteiger partial charge in [-0.25, -0.2) is 4.90 Å². The molecular formula is C30H20ClN5O5. The first kappa shape index (κ1) is 24.0. The van der Waals surface area contributed by atoms with Crippen molar-refractivity contribution < 1.29 is 23.6 Å². The molecule has 1 aliphatic carbocycles. The van der Waals surface area contributed by atoms with E-state index in [1.165, 1.54) is 0 Å². The van der Waals surface area contributed by atoms with Crippen molar-refractivity contribution in [2.45, 2.75) is 13.5 Å². The summed E-state index contributed by atoms with van der Waals surface area (Å²) >= 11 is 5.94. The SMILES string of the molecule is CCn1c2ccccc2c2cc(N3C(=O)C4C(C3=O)C3C(=O)N(c5nnc(-c6ccc(Cl)cc6)o5)C(=O)C43)ccc21. The zero-order valence-corrected chi connectivity index (χ0v) is 22.3. The van der Waals surface area contributed by atoms with E-state index < -0.39 is 47.3 Å². The molecule has 1 saturated carbocycles. The number of imide groups is 2. The van der Waals surface area contributed by atoms with E-state index in [1.54, 1.807) is 30.3 Å². The van der Waals surface area contributed by atoms with Gasteiger partial charge in [0.05, 0.1) is 29.4 Å². The van der Waals surface area contributed by atoms with Gasteiger partial charge in [0.25, 0.3) is 0 Å². The molecule has 4 atom stereocenters. The van der Waals surface area contributed by atoms with Gasteiger partial charge in [0.1, 0.15) is 0 Å². The molecule has 3 aromatic carbocycles. The molecule has 2 saturated heterocycles. The molecule has 11 heteroatoms. The van der Waals surface area contributed by atoms with Crippen LogP contribution in [0.3, 0.4) is 0 Å². The molecule has 0 N–H and O–H groups in total. The van der Waals surface area contributed by atoms with Crippen LogP contribution in [-0.4, -0.2) is 38.4 Å². The van der Waals surface area contributed by atoms with E-state index in [0.717, 1.165) is 38.2 Å². The van der Waals surface area contributed by atoms with Gasteiger partial charge in [-0.3, -0.25) is 19.2 Å². The minimum Gasteiger partial charge on any atom is -0.403 e.